The van der Waals surface area contributed by atoms with Gasteiger partial charge in [0.05, 0.1) is 6.61 Å². The summed E-state index contributed by atoms with van der Waals surface area (Å²) in [5.41, 5.74) is 0. The summed E-state index contributed by atoms with van der Waals surface area (Å²) < 4.78 is 54.2. The van der Waals surface area contributed by atoms with E-state index in [1.165, 1.54) is 122 Å². The van der Waals surface area contributed by atoms with Gasteiger partial charge in [0, 0.05) is 12.8 Å². The van der Waals surface area contributed by atoms with Crippen molar-refractivity contribution >= 4 is 22.1 Å². The van der Waals surface area contributed by atoms with Crippen LogP contribution in [0.4, 0.5) is 0 Å². The summed E-state index contributed by atoms with van der Waals surface area (Å²) in [6.07, 6.45) is 45.6. The van der Waals surface area contributed by atoms with Crippen molar-refractivity contribution in [3.63, 3.8) is 0 Å². The van der Waals surface area contributed by atoms with Crippen LogP contribution in [-0.4, -0.2) is 96.0 Å². The number of carbonyl (C=O) groups is 2. The Morgan fingerprint density at radius 3 is 1.39 bits per heavy atom. The summed E-state index contributed by atoms with van der Waals surface area (Å²) in [7, 11) is -4.61. The van der Waals surface area contributed by atoms with Crippen LogP contribution in [-0.2, 0) is 38.7 Å². The molecule has 12 nitrogen and oxygen atoms in total. The Hall–Kier alpha value is -2.65. The molecule has 2 unspecified atom stereocenters. The first-order valence-electron chi connectivity index (χ1n) is 26.3. The van der Waals surface area contributed by atoms with Gasteiger partial charge in [-0.3, -0.25) is 14.1 Å². The van der Waals surface area contributed by atoms with E-state index in [4.69, 9.17) is 18.9 Å². The van der Waals surface area contributed by atoms with Gasteiger partial charge >= 0.3 is 11.9 Å². The van der Waals surface area contributed by atoms with Crippen LogP contribution in [0.15, 0.2) is 60.8 Å². The first kappa shape index (κ1) is 62.4. The van der Waals surface area contributed by atoms with Crippen LogP contribution in [0.5, 0.6) is 0 Å². The van der Waals surface area contributed by atoms with E-state index < -0.39 is 71.2 Å². The smallest absolute Gasteiger partial charge is 0.306 e. The number of rotatable bonds is 44. The Balaban J connectivity index is 2.41. The number of carbonyl (C=O) groups excluding carboxylic acids is 2. The molecule has 1 fully saturated rings. The normalized spacial score (nSPS) is 19.8. The zero-order valence-electron chi connectivity index (χ0n) is 41.7. The Bertz CT molecular complexity index is 1460. The van der Waals surface area contributed by atoms with Crippen molar-refractivity contribution in [1.82, 2.24) is 0 Å². The summed E-state index contributed by atoms with van der Waals surface area (Å²) in [5, 5.41) is 31.0. The molecule has 4 N–H and O–H groups in total. The molecule has 1 rings (SSSR count). The van der Waals surface area contributed by atoms with Gasteiger partial charge in [-0.2, -0.15) is 8.42 Å². The highest BCUT2D eigenvalue weighted by Crippen LogP contribution is 2.24. The second kappa shape index (κ2) is 43.4. The molecule has 1 aliphatic rings. The van der Waals surface area contributed by atoms with Crippen molar-refractivity contribution in [3.8, 4) is 0 Å². The lowest BCUT2D eigenvalue weighted by Gasteiger charge is -2.40. The highest BCUT2D eigenvalue weighted by atomic mass is 32.2. The van der Waals surface area contributed by atoms with Crippen molar-refractivity contribution < 1.29 is 56.8 Å². The Morgan fingerprint density at radius 2 is 0.925 bits per heavy atom. The molecule has 0 aliphatic carbocycles. The SMILES string of the molecule is CCCCC/C=C/C/C=C/C/C=C/C/C=C/C/C=C/CCC(=O)OC[C@H](CO[C@H]1O[C@H](CS(=O)(=O)O)[C@@H](O)C(O)C1O)OC(=O)CCCCCCCCCCCCCCCCCCCCCC. The lowest BCUT2D eigenvalue weighted by molar-refractivity contribution is -0.297. The standard InChI is InChI=1S/C54H94O12S/c1-3-5-7-9-11-13-15-17-19-21-23-25-27-29-31-33-35-37-39-41-43-50(56)65-47(45-64-54-53(59)52(58)51(57)48(66-54)46-67(60,61)62)44-63-49(55)42-40-38-36-34-32-30-28-26-24-22-20-18-16-14-12-10-8-6-4-2/h12,14,18,20,24,26,30,32,36,38,47-48,51-54,57-59H,3-11,13,15-17,19,21-23,25,27-29,31,33-35,37,39-46H2,1-2H3,(H,60,61,62)/b14-12+,20-18+,26-24+,32-30+,38-36+/t47-,48-,51-,52?,53?,54+/m1/s1. The van der Waals surface area contributed by atoms with E-state index in [-0.39, 0.29) is 19.4 Å². The van der Waals surface area contributed by atoms with Gasteiger partial charge in [0.25, 0.3) is 10.1 Å². The van der Waals surface area contributed by atoms with Crippen LogP contribution >= 0.6 is 0 Å². The maximum atomic E-state index is 12.9. The predicted octanol–water partition coefficient (Wildman–Crippen LogP) is 12.1. The fourth-order valence-electron chi connectivity index (χ4n) is 7.78. The average Bonchev–Trinajstić information content (AvgIpc) is 3.30. The number of ether oxygens (including phenoxy) is 4. The van der Waals surface area contributed by atoms with Crippen molar-refractivity contribution in [3.05, 3.63) is 60.8 Å². The maximum Gasteiger partial charge on any atom is 0.306 e. The Morgan fingerprint density at radius 1 is 0.507 bits per heavy atom. The monoisotopic (exact) mass is 967 g/mol. The van der Waals surface area contributed by atoms with Gasteiger partial charge in [-0.05, 0) is 51.4 Å². The third-order valence-corrected chi connectivity index (χ3v) is 12.6. The summed E-state index contributed by atoms with van der Waals surface area (Å²) in [6.45, 7) is 3.70. The molecule has 13 heteroatoms. The number of unbranched alkanes of at least 4 members (excludes halogenated alkanes) is 22. The minimum atomic E-state index is -4.61. The van der Waals surface area contributed by atoms with E-state index in [2.05, 4.69) is 62.5 Å². The van der Waals surface area contributed by atoms with Gasteiger partial charge in [0.1, 0.15) is 36.8 Å². The van der Waals surface area contributed by atoms with Crippen molar-refractivity contribution in [2.24, 2.45) is 0 Å². The summed E-state index contributed by atoms with van der Waals surface area (Å²) in [6, 6.07) is 0. The van der Waals surface area contributed by atoms with Crippen LogP contribution in [0.25, 0.3) is 0 Å². The zero-order valence-corrected chi connectivity index (χ0v) is 42.6. The number of aliphatic hydroxyl groups is 3. The van der Waals surface area contributed by atoms with Gasteiger partial charge in [-0.25, -0.2) is 0 Å². The molecule has 1 saturated heterocycles. The summed E-state index contributed by atoms with van der Waals surface area (Å²) in [4.78, 5) is 25.5. The quantitative estimate of drug-likeness (QED) is 0.0196. The van der Waals surface area contributed by atoms with Crippen molar-refractivity contribution in [2.75, 3.05) is 19.0 Å². The third kappa shape index (κ3) is 37.9. The molecule has 0 bridgehead atoms. The van der Waals surface area contributed by atoms with E-state index in [1.807, 2.05) is 12.2 Å². The van der Waals surface area contributed by atoms with Crippen LogP contribution in [0.3, 0.4) is 0 Å². The van der Waals surface area contributed by atoms with Gasteiger partial charge in [-0.1, -0.05) is 209 Å². The molecular weight excluding hydrogens is 873 g/mol. The van der Waals surface area contributed by atoms with E-state index in [0.717, 1.165) is 51.4 Å². The number of hydrogen-bond donors (Lipinski definition) is 4. The molecule has 0 aromatic carbocycles. The van der Waals surface area contributed by atoms with E-state index in [9.17, 15) is 37.9 Å². The molecule has 388 valence electrons. The number of aliphatic hydroxyl groups excluding tert-OH is 3. The van der Waals surface area contributed by atoms with Crippen LogP contribution in [0, 0.1) is 0 Å². The number of hydrogen-bond acceptors (Lipinski definition) is 11. The van der Waals surface area contributed by atoms with E-state index in [1.54, 1.807) is 0 Å². The predicted molar refractivity (Wildman–Crippen MR) is 270 cm³/mol. The van der Waals surface area contributed by atoms with Crippen LogP contribution < -0.4 is 0 Å². The molecule has 0 radical (unpaired) electrons. The van der Waals surface area contributed by atoms with Gasteiger partial charge in [0.2, 0.25) is 0 Å². The van der Waals surface area contributed by atoms with Crippen LogP contribution in [0.2, 0.25) is 0 Å². The average molecular weight is 967 g/mol. The molecule has 1 aliphatic heterocycles. The van der Waals surface area contributed by atoms with E-state index in [0.29, 0.717) is 12.8 Å². The lowest BCUT2D eigenvalue weighted by Crippen LogP contribution is -2.60. The summed E-state index contributed by atoms with van der Waals surface area (Å²) >= 11 is 0. The van der Waals surface area contributed by atoms with Crippen molar-refractivity contribution in [2.45, 2.75) is 250 Å². The fourth-order valence-corrected chi connectivity index (χ4v) is 8.47. The number of allylic oxidation sites excluding steroid dienone is 10. The molecular formula is C54H94O12S. The first-order chi connectivity index (χ1) is 32.5. The topological polar surface area (TPSA) is 186 Å². The van der Waals surface area contributed by atoms with Gasteiger partial charge < -0.3 is 34.3 Å². The molecule has 67 heavy (non-hydrogen) atoms. The highest BCUT2D eigenvalue weighted by molar-refractivity contribution is 7.85. The fraction of sp³-hybridized carbons (Fsp3) is 0.778. The minimum absolute atomic E-state index is 0.0951. The molecule has 0 amide bonds. The molecule has 1 heterocycles. The van der Waals surface area contributed by atoms with E-state index >= 15 is 0 Å². The van der Waals surface area contributed by atoms with Gasteiger partial charge in [-0.15, -0.1) is 0 Å². The first-order valence-corrected chi connectivity index (χ1v) is 28.0. The summed E-state index contributed by atoms with van der Waals surface area (Å²) in [5.74, 6) is -2.08. The molecule has 6 atom stereocenters. The zero-order chi connectivity index (χ0) is 49.1. The second-order valence-electron chi connectivity index (χ2n) is 18.2. The van der Waals surface area contributed by atoms with Gasteiger partial charge in [0.15, 0.2) is 12.4 Å². The maximum absolute atomic E-state index is 12.9. The minimum Gasteiger partial charge on any atom is -0.462 e. The molecule has 0 aromatic rings. The third-order valence-electron chi connectivity index (χ3n) is 11.9. The molecule has 0 spiro atoms. The highest BCUT2D eigenvalue weighted by Gasteiger charge is 2.46. The van der Waals surface area contributed by atoms with Crippen molar-refractivity contribution in [1.29, 1.82) is 0 Å². The number of esters is 2. The largest absolute Gasteiger partial charge is 0.462 e. The van der Waals surface area contributed by atoms with Crippen LogP contribution in [0.1, 0.15) is 213 Å². The second-order valence-corrected chi connectivity index (χ2v) is 19.7. The molecule has 0 saturated carbocycles. The Labute approximate surface area is 406 Å². The lowest BCUT2D eigenvalue weighted by atomic mass is 10.00. The Kier molecular flexibility index (Phi) is 40.4. The molecule has 0 aromatic heterocycles.